The first-order valence-electron chi connectivity index (χ1n) is 11.6. The number of carbonyl (C=O) groups is 1. The third-order valence-electron chi connectivity index (χ3n) is 7.27. The Bertz CT molecular complexity index is 1220. The Hall–Kier alpha value is -3.25. The maximum absolute atomic E-state index is 13.6. The second kappa shape index (κ2) is 8.84. The molecule has 3 aromatic carbocycles. The quantitative estimate of drug-likeness (QED) is 0.515. The van der Waals surface area contributed by atoms with Crippen molar-refractivity contribution in [1.82, 2.24) is 4.90 Å². The molecule has 0 saturated carbocycles. The van der Waals surface area contributed by atoms with Crippen LogP contribution < -0.4 is 9.64 Å². The summed E-state index contributed by atoms with van der Waals surface area (Å²) < 4.78 is 32.4. The lowest BCUT2D eigenvalue weighted by atomic mass is 9.74. The minimum atomic E-state index is -0.823. The van der Waals surface area contributed by atoms with E-state index in [2.05, 4.69) is 11.0 Å². The highest BCUT2D eigenvalue weighted by Gasteiger charge is 2.46. The van der Waals surface area contributed by atoms with E-state index in [1.54, 1.807) is 13.2 Å². The summed E-state index contributed by atoms with van der Waals surface area (Å²) in [6, 6.07) is 17.8. The molecule has 6 heteroatoms. The zero-order valence-corrected chi connectivity index (χ0v) is 19.5. The fourth-order valence-corrected chi connectivity index (χ4v) is 5.27. The van der Waals surface area contributed by atoms with E-state index in [1.165, 1.54) is 12.1 Å². The minimum absolute atomic E-state index is 0.00695. The van der Waals surface area contributed by atoms with Gasteiger partial charge in [0.1, 0.15) is 5.75 Å². The first-order valence-corrected chi connectivity index (χ1v) is 11.6. The van der Waals surface area contributed by atoms with Gasteiger partial charge in [0.15, 0.2) is 11.6 Å². The Balaban J connectivity index is 1.39. The highest BCUT2D eigenvalue weighted by atomic mass is 19.2. The van der Waals surface area contributed by atoms with Gasteiger partial charge in [0.2, 0.25) is 0 Å². The second-order valence-corrected chi connectivity index (χ2v) is 9.45. The molecule has 0 aromatic heterocycles. The van der Waals surface area contributed by atoms with Crippen molar-refractivity contribution >= 4 is 11.6 Å². The number of hydrogen-bond donors (Lipinski definition) is 0. The summed E-state index contributed by atoms with van der Waals surface area (Å²) >= 11 is 0. The van der Waals surface area contributed by atoms with Gasteiger partial charge in [-0.15, -0.1) is 0 Å². The van der Waals surface area contributed by atoms with E-state index in [1.807, 2.05) is 48.2 Å². The van der Waals surface area contributed by atoms with Crippen molar-refractivity contribution in [2.45, 2.75) is 31.7 Å². The number of benzene rings is 3. The molecule has 1 fully saturated rings. The first kappa shape index (κ1) is 22.5. The summed E-state index contributed by atoms with van der Waals surface area (Å²) in [5.41, 5.74) is 4.50. The first-order chi connectivity index (χ1) is 16.4. The molecule has 0 atom stereocenters. The summed E-state index contributed by atoms with van der Waals surface area (Å²) in [5.74, 6) is -0.844. The molecule has 1 saturated heterocycles. The van der Waals surface area contributed by atoms with Gasteiger partial charge in [-0.1, -0.05) is 23.8 Å². The fraction of sp³-hybridized carbons (Fsp3) is 0.321. The zero-order chi connectivity index (χ0) is 23.9. The van der Waals surface area contributed by atoms with Crippen LogP contribution in [0.25, 0.3) is 0 Å². The third-order valence-corrected chi connectivity index (χ3v) is 7.27. The molecule has 1 spiro atoms. The van der Waals surface area contributed by atoms with Crippen LogP contribution in [-0.2, 0) is 12.0 Å². The number of halogens is 2. The highest BCUT2D eigenvalue weighted by molar-refractivity contribution is 6.07. The molecule has 5 rings (SSSR count). The Morgan fingerprint density at radius 3 is 2.38 bits per heavy atom. The normalized spacial score (nSPS) is 17.1. The van der Waals surface area contributed by atoms with Crippen LogP contribution in [0.3, 0.4) is 0 Å². The lowest BCUT2D eigenvalue weighted by molar-refractivity contribution is 0.0975. The largest absolute Gasteiger partial charge is 0.497 e. The SMILES string of the molecule is COc1ccc2c(c1)C1(CCN(Cc3ccc(F)c(F)c3)CC1)CN2C(=O)c1ccc(C)cc1. The van der Waals surface area contributed by atoms with E-state index >= 15 is 0 Å². The molecular formula is C28H28F2N2O2. The summed E-state index contributed by atoms with van der Waals surface area (Å²) in [6.45, 7) is 4.82. The number of likely N-dealkylation sites (tertiary alicyclic amines) is 1. The van der Waals surface area contributed by atoms with Gasteiger partial charge >= 0.3 is 0 Å². The lowest BCUT2D eigenvalue weighted by Crippen LogP contribution is -2.45. The Morgan fingerprint density at radius 2 is 1.71 bits per heavy atom. The van der Waals surface area contributed by atoms with E-state index in [0.29, 0.717) is 18.7 Å². The minimum Gasteiger partial charge on any atom is -0.497 e. The monoisotopic (exact) mass is 462 g/mol. The van der Waals surface area contributed by atoms with Crippen LogP contribution in [0.5, 0.6) is 5.75 Å². The number of hydrogen-bond acceptors (Lipinski definition) is 3. The van der Waals surface area contributed by atoms with Gasteiger partial charge < -0.3 is 9.64 Å². The second-order valence-electron chi connectivity index (χ2n) is 9.45. The van der Waals surface area contributed by atoms with Crippen molar-refractivity contribution in [2.75, 3.05) is 31.6 Å². The van der Waals surface area contributed by atoms with Gasteiger partial charge in [-0.2, -0.15) is 0 Å². The Labute approximate surface area is 198 Å². The standard InChI is InChI=1S/C28H28F2N2O2/c1-19-3-6-21(7-4-19)27(33)32-18-28(23-16-22(34-2)8-10-26(23)32)11-13-31(14-12-28)17-20-5-9-24(29)25(30)15-20/h3-10,15-16H,11-14,17-18H2,1-2H3. The predicted molar refractivity (Wildman–Crippen MR) is 128 cm³/mol. The Kier molecular flexibility index (Phi) is 5.86. The van der Waals surface area contributed by atoms with Crippen molar-refractivity contribution in [3.8, 4) is 5.75 Å². The van der Waals surface area contributed by atoms with Crippen molar-refractivity contribution < 1.29 is 18.3 Å². The van der Waals surface area contributed by atoms with Gasteiger partial charge in [-0.05, 0) is 86.4 Å². The van der Waals surface area contributed by atoms with E-state index in [0.717, 1.165) is 54.1 Å². The number of carbonyl (C=O) groups excluding carboxylic acids is 1. The molecule has 3 aromatic rings. The van der Waals surface area contributed by atoms with Crippen LogP contribution >= 0.6 is 0 Å². The average molecular weight is 463 g/mol. The van der Waals surface area contributed by atoms with Crippen LogP contribution in [0, 0.1) is 18.6 Å². The van der Waals surface area contributed by atoms with Gasteiger partial charge in [0.05, 0.1) is 7.11 Å². The summed E-state index contributed by atoms with van der Waals surface area (Å²) in [6.07, 6.45) is 1.74. The molecule has 34 heavy (non-hydrogen) atoms. The topological polar surface area (TPSA) is 32.8 Å². The predicted octanol–water partition coefficient (Wildman–Crippen LogP) is 5.48. The molecule has 2 heterocycles. The van der Waals surface area contributed by atoms with Crippen molar-refractivity contribution in [1.29, 1.82) is 0 Å². The molecule has 176 valence electrons. The molecule has 4 nitrogen and oxygen atoms in total. The van der Waals surface area contributed by atoms with Gasteiger partial charge in [0, 0.05) is 29.8 Å². The number of fused-ring (bicyclic) bond motifs is 2. The molecule has 2 aliphatic rings. The van der Waals surface area contributed by atoms with Gasteiger partial charge in [-0.3, -0.25) is 9.69 Å². The fourth-order valence-electron chi connectivity index (χ4n) is 5.27. The van der Waals surface area contributed by atoms with E-state index < -0.39 is 11.6 Å². The van der Waals surface area contributed by atoms with Crippen molar-refractivity contribution in [3.63, 3.8) is 0 Å². The van der Waals surface area contributed by atoms with Crippen LogP contribution in [0.2, 0.25) is 0 Å². The van der Waals surface area contributed by atoms with Crippen molar-refractivity contribution in [2.24, 2.45) is 0 Å². The van der Waals surface area contributed by atoms with Gasteiger partial charge in [-0.25, -0.2) is 8.78 Å². The number of nitrogens with zero attached hydrogens (tertiary/aromatic N) is 2. The Morgan fingerprint density at radius 1 is 0.971 bits per heavy atom. The van der Waals surface area contributed by atoms with E-state index in [9.17, 15) is 13.6 Å². The van der Waals surface area contributed by atoms with E-state index in [4.69, 9.17) is 4.74 Å². The number of methoxy groups -OCH3 is 1. The summed E-state index contributed by atoms with van der Waals surface area (Å²) in [4.78, 5) is 17.7. The highest BCUT2D eigenvalue weighted by Crippen LogP contribution is 2.48. The van der Waals surface area contributed by atoms with Crippen molar-refractivity contribution in [3.05, 3.63) is 94.6 Å². The molecule has 0 bridgehead atoms. The molecule has 2 aliphatic heterocycles. The molecule has 0 aliphatic carbocycles. The number of amides is 1. The maximum atomic E-state index is 13.6. The molecule has 0 radical (unpaired) electrons. The summed E-state index contributed by atoms with van der Waals surface area (Å²) in [5, 5.41) is 0. The van der Waals surface area contributed by atoms with Crippen LogP contribution in [0.1, 0.15) is 39.9 Å². The number of rotatable bonds is 4. The molecule has 1 amide bonds. The van der Waals surface area contributed by atoms with Crippen LogP contribution in [0.15, 0.2) is 60.7 Å². The number of anilines is 1. The molecule has 0 N–H and O–H groups in total. The lowest BCUT2D eigenvalue weighted by Gasteiger charge is -2.40. The average Bonchev–Trinajstić information content (AvgIpc) is 3.16. The van der Waals surface area contributed by atoms with Gasteiger partial charge in [0.25, 0.3) is 5.91 Å². The number of piperidine rings is 1. The smallest absolute Gasteiger partial charge is 0.258 e. The summed E-state index contributed by atoms with van der Waals surface area (Å²) in [7, 11) is 1.66. The van der Waals surface area contributed by atoms with Crippen LogP contribution in [0.4, 0.5) is 14.5 Å². The maximum Gasteiger partial charge on any atom is 0.258 e. The van der Waals surface area contributed by atoms with E-state index in [-0.39, 0.29) is 11.3 Å². The van der Waals surface area contributed by atoms with Crippen LogP contribution in [-0.4, -0.2) is 37.6 Å². The zero-order valence-electron chi connectivity index (χ0n) is 19.5. The number of ether oxygens (including phenoxy) is 1. The number of aryl methyl sites for hydroxylation is 1. The third kappa shape index (κ3) is 4.07. The molecule has 0 unspecified atom stereocenters. The molecular weight excluding hydrogens is 434 g/mol.